The van der Waals surface area contributed by atoms with Crippen molar-refractivity contribution in [3.63, 3.8) is 0 Å². The van der Waals surface area contributed by atoms with Crippen molar-refractivity contribution in [2.45, 2.75) is 51.4 Å². The lowest BCUT2D eigenvalue weighted by Crippen LogP contribution is -2.52. The molecular formula is C21H38IN5O. The molecule has 0 bridgehead atoms. The van der Waals surface area contributed by atoms with Crippen LogP contribution in [0.5, 0.6) is 0 Å². The number of guanidine groups is 1. The molecule has 6 nitrogen and oxygen atoms in total. The Labute approximate surface area is 187 Å². The van der Waals surface area contributed by atoms with Crippen molar-refractivity contribution in [1.29, 1.82) is 0 Å². The van der Waals surface area contributed by atoms with Gasteiger partial charge in [-0.05, 0) is 44.9 Å². The highest BCUT2D eigenvalue weighted by atomic mass is 127. The first kappa shape index (κ1) is 23.4. The average Bonchev–Trinajstić information content (AvgIpc) is 2.66. The van der Waals surface area contributed by atoms with Crippen molar-refractivity contribution >= 4 is 35.8 Å². The van der Waals surface area contributed by atoms with Gasteiger partial charge in [0.15, 0.2) is 5.96 Å². The summed E-state index contributed by atoms with van der Waals surface area (Å²) in [5.74, 6) is 1.62. The molecule has 160 valence electrons. The van der Waals surface area contributed by atoms with Crippen molar-refractivity contribution < 1.29 is 4.79 Å². The summed E-state index contributed by atoms with van der Waals surface area (Å²) in [7, 11) is 1.83. The number of nitrogens with one attached hydrogen (secondary N) is 2. The van der Waals surface area contributed by atoms with Crippen LogP contribution >= 0.6 is 24.0 Å². The molecule has 1 saturated heterocycles. The van der Waals surface area contributed by atoms with E-state index < -0.39 is 0 Å². The third-order valence-electron chi connectivity index (χ3n) is 6.21. The van der Waals surface area contributed by atoms with Crippen LogP contribution in [-0.4, -0.2) is 74.5 Å². The Bertz CT molecular complexity index is 539. The number of carbonyl (C=O) groups excluding carboxylic acids is 1. The fourth-order valence-corrected chi connectivity index (χ4v) is 4.13. The summed E-state index contributed by atoms with van der Waals surface area (Å²) in [6, 6.07) is 0. The Kier molecular flexibility index (Phi) is 10.6. The fraction of sp³-hybridized carbons (Fsp3) is 0.810. The standard InChI is InChI=1S/C21H37N5O.HI/c1-22-21(23-11-10-18-6-3-2-4-7-18)24-12-13-25-14-16-26(17-15-25)20(27)19-8-5-9-19;/h6,19H,2-5,7-17H2,1H3,(H2,22,23,24);1H. The van der Waals surface area contributed by atoms with E-state index in [0.717, 1.165) is 71.0 Å². The van der Waals surface area contributed by atoms with Crippen LogP contribution in [0.25, 0.3) is 0 Å². The zero-order chi connectivity index (χ0) is 18.9. The van der Waals surface area contributed by atoms with Crippen molar-refractivity contribution in [3.05, 3.63) is 11.6 Å². The maximum absolute atomic E-state index is 12.3. The predicted octanol–water partition coefficient (Wildman–Crippen LogP) is 2.60. The molecule has 2 aliphatic carbocycles. The topological polar surface area (TPSA) is 60.0 Å². The molecule has 0 spiro atoms. The van der Waals surface area contributed by atoms with E-state index in [1.54, 1.807) is 5.57 Å². The van der Waals surface area contributed by atoms with E-state index in [4.69, 9.17) is 0 Å². The third-order valence-corrected chi connectivity index (χ3v) is 6.21. The van der Waals surface area contributed by atoms with Gasteiger partial charge in [-0.3, -0.25) is 14.7 Å². The average molecular weight is 503 g/mol. The Balaban J connectivity index is 0.00000280. The first-order valence-electron chi connectivity index (χ1n) is 10.9. The molecule has 0 aromatic carbocycles. The number of allylic oxidation sites excluding steroid dienone is 1. The largest absolute Gasteiger partial charge is 0.356 e. The molecular weight excluding hydrogens is 465 g/mol. The minimum atomic E-state index is 0. The molecule has 0 aromatic rings. The number of nitrogens with zero attached hydrogens (tertiary/aromatic N) is 3. The second-order valence-corrected chi connectivity index (χ2v) is 8.08. The van der Waals surface area contributed by atoms with E-state index in [9.17, 15) is 4.79 Å². The van der Waals surface area contributed by atoms with Crippen molar-refractivity contribution in [2.75, 3.05) is 52.9 Å². The van der Waals surface area contributed by atoms with E-state index >= 15 is 0 Å². The number of hydrogen-bond acceptors (Lipinski definition) is 3. The monoisotopic (exact) mass is 503 g/mol. The molecule has 1 heterocycles. The van der Waals surface area contributed by atoms with E-state index in [2.05, 4.69) is 31.5 Å². The molecule has 0 radical (unpaired) electrons. The maximum Gasteiger partial charge on any atom is 0.225 e. The van der Waals surface area contributed by atoms with E-state index in [0.29, 0.717) is 11.8 Å². The smallest absolute Gasteiger partial charge is 0.225 e. The minimum Gasteiger partial charge on any atom is -0.356 e. The maximum atomic E-state index is 12.3. The third kappa shape index (κ3) is 7.21. The first-order valence-corrected chi connectivity index (χ1v) is 10.9. The summed E-state index contributed by atoms with van der Waals surface area (Å²) in [5.41, 5.74) is 1.60. The predicted molar refractivity (Wildman–Crippen MR) is 126 cm³/mol. The normalized spacial score (nSPS) is 21.4. The highest BCUT2D eigenvalue weighted by Crippen LogP contribution is 2.28. The SMILES string of the molecule is CN=C(NCCC1=CCCCC1)NCCN1CCN(C(=O)C2CCC2)CC1.I. The number of aliphatic imine (C=N–C) groups is 1. The van der Waals surface area contributed by atoms with Gasteiger partial charge in [-0.2, -0.15) is 0 Å². The molecule has 0 aromatic heterocycles. The Morgan fingerprint density at radius 1 is 1.11 bits per heavy atom. The summed E-state index contributed by atoms with van der Waals surface area (Å²) in [5, 5.41) is 6.85. The van der Waals surface area contributed by atoms with Crippen molar-refractivity contribution in [1.82, 2.24) is 20.4 Å². The molecule has 28 heavy (non-hydrogen) atoms. The molecule has 3 aliphatic rings. The Hall–Kier alpha value is -0.830. The van der Waals surface area contributed by atoms with Crippen LogP contribution in [0.15, 0.2) is 16.6 Å². The van der Waals surface area contributed by atoms with Crippen molar-refractivity contribution in [3.8, 4) is 0 Å². The number of halogens is 1. The fourth-order valence-electron chi connectivity index (χ4n) is 4.13. The molecule has 3 rings (SSSR count). The Morgan fingerprint density at radius 2 is 1.86 bits per heavy atom. The Morgan fingerprint density at radius 3 is 2.46 bits per heavy atom. The van der Waals surface area contributed by atoms with Gasteiger partial charge in [0.05, 0.1) is 0 Å². The number of amides is 1. The van der Waals surface area contributed by atoms with E-state index in [-0.39, 0.29) is 24.0 Å². The summed E-state index contributed by atoms with van der Waals surface area (Å²) in [6.07, 6.45) is 12.2. The number of rotatable bonds is 7. The molecule has 7 heteroatoms. The van der Waals surface area contributed by atoms with Crippen LogP contribution in [0.1, 0.15) is 51.4 Å². The van der Waals surface area contributed by atoms with Gasteiger partial charge in [0.2, 0.25) is 5.91 Å². The van der Waals surface area contributed by atoms with E-state index in [1.165, 1.54) is 32.1 Å². The van der Waals surface area contributed by atoms with Crippen LogP contribution in [0, 0.1) is 5.92 Å². The van der Waals surface area contributed by atoms with Gasteiger partial charge in [-0.15, -0.1) is 24.0 Å². The van der Waals surface area contributed by atoms with Crippen LogP contribution in [0.4, 0.5) is 0 Å². The van der Waals surface area contributed by atoms with Crippen LogP contribution < -0.4 is 10.6 Å². The first-order chi connectivity index (χ1) is 13.3. The van der Waals surface area contributed by atoms with E-state index in [1.807, 2.05) is 7.05 Å². The van der Waals surface area contributed by atoms with Crippen LogP contribution in [0.3, 0.4) is 0 Å². The quantitative estimate of drug-likeness (QED) is 0.243. The van der Waals surface area contributed by atoms with Crippen LogP contribution in [-0.2, 0) is 4.79 Å². The zero-order valence-corrected chi connectivity index (χ0v) is 19.7. The second-order valence-electron chi connectivity index (χ2n) is 8.08. The lowest BCUT2D eigenvalue weighted by atomic mass is 9.84. The highest BCUT2D eigenvalue weighted by molar-refractivity contribution is 14.0. The van der Waals surface area contributed by atoms with Gasteiger partial charge < -0.3 is 15.5 Å². The van der Waals surface area contributed by atoms with Gasteiger partial charge in [-0.25, -0.2) is 0 Å². The molecule has 2 fully saturated rings. The molecule has 1 saturated carbocycles. The molecule has 0 atom stereocenters. The zero-order valence-electron chi connectivity index (χ0n) is 17.4. The van der Waals surface area contributed by atoms with Gasteiger partial charge in [-0.1, -0.05) is 18.1 Å². The second kappa shape index (κ2) is 12.7. The van der Waals surface area contributed by atoms with Gasteiger partial charge >= 0.3 is 0 Å². The minimum absolute atomic E-state index is 0. The van der Waals surface area contributed by atoms with Crippen LogP contribution in [0.2, 0.25) is 0 Å². The number of hydrogen-bond donors (Lipinski definition) is 2. The molecule has 1 amide bonds. The number of piperazine rings is 1. The van der Waals surface area contributed by atoms with Gasteiger partial charge in [0, 0.05) is 58.8 Å². The summed E-state index contributed by atoms with van der Waals surface area (Å²) in [6.45, 7) is 6.58. The number of carbonyl (C=O) groups is 1. The summed E-state index contributed by atoms with van der Waals surface area (Å²) >= 11 is 0. The van der Waals surface area contributed by atoms with Gasteiger partial charge in [0.1, 0.15) is 0 Å². The van der Waals surface area contributed by atoms with Crippen molar-refractivity contribution in [2.24, 2.45) is 10.9 Å². The highest BCUT2D eigenvalue weighted by Gasteiger charge is 2.30. The molecule has 0 unspecified atom stereocenters. The lowest BCUT2D eigenvalue weighted by molar-refractivity contribution is -0.139. The summed E-state index contributed by atoms with van der Waals surface area (Å²) in [4.78, 5) is 21.2. The molecule has 2 N–H and O–H groups in total. The van der Waals surface area contributed by atoms with Gasteiger partial charge in [0.25, 0.3) is 0 Å². The lowest BCUT2D eigenvalue weighted by Gasteiger charge is -2.38. The summed E-state index contributed by atoms with van der Waals surface area (Å²) < 4.78 is 0. The molecule has 1 aliphatic heterocycles.